The number of aryl methyl sites for hydroxylation is 1. The molecule has 2 heterocycles. The van der Waals surface area contributed by atoms with Crippen LogP contribution in [0.4, 0.5) is 0 Å². The van der Waals surface area contributed by atoms with Gasteiger partial charge in [-0.2, -0.15) is 0 Å². The first-order valence-corrected chi connectivity index (χ1v) is 9.69. The van der Waals surface area contributed by atoms with Crippen LogP contribution in [0, 0.1) is 0 Å². The summed E-state index contributed by atoms with van der Waals surface area (Å²) in [5.74, 6) is 0.0310. The standard InChI is InChI=1S/C18H26N4O2S/c1-21-15-6-5-13(10-16(15)25-18(21)24)12-22-9-3-2-4-14(22)11-20-17(23)7-8-19/h5-6,10,14H,2-4,7-9,11-12,19H2,1H3,(H,20,23). The zero-order valence-corrected chi connectivity index (χ0v) is 15.5. The van der Waals surface area contributed by atoms with Gasteiger partial charge in [-0.15, -0.1) is 0 Å². The molecule has 136 valence electrons. The van der Waals surface area contributed by atoms with Crippen LogP contribution >= 0.6 is 11.3 Å². The molecule has 1 aliphatic heterocycles. The normalized spacial score (nSPS) is 18.6. The van der Waals surface area contributed by atoms with Gasteiger partial charge in [0.1, 0.15) is 0 Å². The average Bonchev–Trinajstić information content (AvgIpc) is 2.88. The summed E-state index contributed by atoms with van der Waals surface area (Å²) in [6.45, 7) is 2.96. The van der Waals surface area contributed by atoms with Crippen molar-refractivity contribution in [3.8, 4) is 0 Å². The Bertz CT molecular complexity index is 798. The van der Waals surface area contributed by atoms with Crippen LogP contribution in [0.15, 0.2) is 23.0 Å². The molecule has 2 aromatic rings. The fourth-order valence-electron chi connectivity index (χ4n) is 3.46. The fourth-order valence-corrected chi connectivity index (χ4v) is 4.40. The van der Waals surface area contributed by atoms with Crippen LogP contribution in [-0.4, -0.2) is 41.1 Å². The molecule has 0 bridgehead atoms. The van der Waals surface area contributed by atoms with Crippen molar-refractivity contribution in [2.75, 3.05) is 19.6 Å². The van der Waals surface area contributed by atoms with Gasteiger partial charge in [0.25, 0.3) is 0 Å². The molecule has 0 radical (unpaired) electrons. The van der Waals surface area contributed by atoms with Crippen LogP contribution in [0.25, 0.3) is 10.2 Å². The predicted octanol–water partition coefficient (Wildman–Crippen LogP) is 1.42. The first-order chi connectivity index (χ1) is 12.1. The van der Waals surface area contributed by atoms with E-state index in [4.69, 9.17) is 5.73 Å². The predicted molar refractivity (Wildman–Crippen MR) is 102 cm³/mol. The molecule has 1 aromatic heterocycles. The lowest BCUT2D eigenvalue weighted by molar-refractivity contribution is -0.121. The summed E-state index contributed by atoms with van der Waals surface area (Å²) in [6.07, 6.45) is 3.88. The number of benzene rings is 1. The molecular weight excluding hydrogens is 336 g/mol. The molecule has 6 nitrogen and oxygen atoms in total. The number of hydrogen-bond acceptors (Lipinski definition) is 5. The van der Waals surface area contributed by atoms with Crippen molar-refractivity contribution in [1.82, 2.24) is 14.8 Å². The Labute approximate surface area is 151 Å². The van der Waals surface area contributed by atoms with Crippen LogP contribution in [0.5, 0.6) is 0 Å². The lowest BCUT2D eigenvalue weighted by Crippen LogP contribution is -2.46. The minimum Gasteiger partial charge on any atom is -0.354 e. The van der Waals surface area contributed by atoms with Gasteiger partial charge in [0.2, 0.25) is 5.91 Å². The quantitative estimate of drug-likeness (QED) is 0.814. The third kappa shape index (κ3) is 4.29. The summed E-state index contributed by atoms with van der Waals surface area (Å²) in [5.41, 5.74) is 7.64. The van der Waals surface area contributed by atoms with Crippen LogP contribution in [-0.2, 0) is 18.4 Å². The van der Waals surface area contributed by atoms with Gasteiger partial charge in [-0.05, 0) is 37.1 Å². The van der Waals surface area contributed by atoms with Crippen molar-refractivity contribution in [2.24, 2.45) is 12.8 Å². The van der Waals surface area contributed by atoms with Crippen LogP contribution in [0.2, 0.25) is 0 Å². The maximum atomic E-state index is 11.8. The van der Waals surface area contributed by atoms with E-state index in [0.717, 1.165) is 29.7 Å². The zero-order chi connectivity index (χ0) is 17.8. The molecular formula is C18H26N4O2S. The number of nitrogens with zero attached hydrogens (tertiary/aromatic N) is 2. The van der Waals surface area contributed by atoms with E-state index in [0.29, 0.717) is 25.6 Å². The van der Waals surface area contributed by atoms with Gasteiger partial charge in [-0.25, -0.2) is 0 Å². The first-order valence-electron chi connectivity index (χ1n) is 8.88. The van der Waals surface area contributed by atoms with E-state index in [9.17, 15) is 9.59 Å². The van der Waals surface area contributed by atoms with Crippen molar-refractivity contribution in [2.45, 2.75) is 38.3 Å². The van der Waals surface area contributed by atoms with E-state index in [1.54, 1.807) is 4.57 Å². The third-order valence-corrected chi connectivity index (χ3v) is 5.89. The molecule has 1 aromatic carbocycles. The summed E-state index contributed by atoms with van der Waals surface area (Å²) >= 11 is 1.30. The topological polar surface area (TPSA) is 80.4 Å². The molecule has 1 unspecified atom stereocenters. The van der Waals surface area contributed by atoms with Crippen LogP contribution in [0.3, 0.4) is 0 Å². The van der Waals surface area contributed by atoms with Gasteiger partial charge in [0, 0.05) is 39.1 Å². The molecule has 1 amide bonds. The number of hydrogen-bond donors (Lipinski definition) is 2. The first kappa shape index (κ1) is 18.1. The average molecular weight is 362 g/mol. The Balaban J connectivity index is 1.68. The van der Waals surface area contributed by atoms with Gasteiger partial charge in [-0.3, -0.25) is 14.5 Å². The van der Waals surface area contributed by atoms with Crippen LogP contribution < -0.4 is 15.9 Å². The summed E-state index contributed by atoms with van der Waals surface area (Å²) in [6, 6.07) is 6.62. The number of rotatable bonds is 6. The molecule has 0 saturated carbocycles. The number of amides is 1. The maximum Gasteiger partial charge on any atom is 0.307 e. The van der Waals surface area contributed by atoms with E-state index < -0.39 is 0 Å². The number of carbonyl (C=O) groups excluding carboxylic acids is 1. The second-order valence-corrected chi connectivity index (χ2v) is 7.69. The number of piperidine rings is 1. The lowest BCUT2D eigenvalue weighted by atomic mass is 10.0. The molecule has 1 aliphatic rings. The van der Waals surface area contributed by atoms with E-state index in [1.165, 1.54) is 29.7 Å². The highest BCUT2D eigenvalue weighted by atomic mass is 32.1. The van der Waals surface area contributed by atoms with E-state index in [-0.39, 0.29) is 10.8 Å². The number of likely N-dealkylation sites (tertiary alicyclic amines) is 1. The maximum absolute atomic E-state index is 11.8. The zero-order valence-electron chi connectivity index (χ0n) is 14.7. The summed E-state index contributed by atoms with van der Waals surface area (Å²) in [7, 11) is 1.81. The number of aromatic nitrogens is 1. The van der Waals surface area contributed by atoms with E-state index >= 15 is 0 Å². The molecule has 0 spiro atoms. The Hall–Kier alpha value is -1.70. The fraction of sp³-hybridized carbons (Fsp3) is 0.556. The number of fused-ring (bicyclic) bond motifs is 1. The molecule has 0 aliphatic carbocycles. The Morgan fingerprint density at radius 2 is 2.24 bits per heavy atom. The van der Waals surface area contributed by atoms with Gasteiger partial charge in [0.15, 0.2) is 0 Å². The molecule has 25 heavy (non-hydrogen) atoms. The van der Waals surface area contributed by atoms with E-state index in [2.05, 4.69) is 22.3 Å². The van der Waals surface area contributed by atoms with Gasteiger partial charge in [-0.1, -0.05) is 23.8 Å². The minimum atomic E-state index is 0.0310. The lowest BCUT2D eigenvalue weighted by Gasteiger charge is -2.36. The van der Waals surface area contributed by atoms with Crippen molar-refractivity contribution < 1.29 is 4.79 Å². The second-order valence-electron chi connectivity index (χ2n) is 6.69. The summed E-state index contributed by atoms with van der Waals surface area (Å²) in [5, 5.41) is 3.01. The molecule has 1 atom stereocenters. The molecule has 7 heteroatoms. The van der Waals surface area contributed by atoms with E-state index in [1.807, 2.05) is 13.1 Å². The highest BCUT2D eigenvalue weighted by molar-refractivity contribution is 7.16. The highest BCUT2D eigenvalue weighted by Crippen LogP contribution is 2.23. The largest absolute Gasteiger partial charge is 0.354 e. The van der Waals surface area contributed by atoms with Crippen molar-refractivity contribution in [1.29, 1.82) is 0 Å². The molecule has 1 saturated heterocycles. The number of thiazole rings is 1. The summed E-state index contributed by atoms with van der Waals surface area (Å²) < 4.78 is 2.73. The second kappa shape index (κ2) is 8.12. The Kier molecular flexibility index (Phi) is 5.88. The monoisotopic (exact) mass is 362 g/mol. The highest BCUT2D eigenvalue weighted by Gasteiger charge is 2.23. The number of nitrogens with one attached hydrogen (secondary N) is 1. The van der Waals surface area contributed by atoms with Gasteiger partial charge in [0.05, 0.1) is 10.2 Å². The Morgan fingerprint density at radius 3 is 3.04 bits per heavy atom. The summed E-state index contributed by atoms with van der Waals surface area (Å²) in [4.78, 5) is 26.0. The number of nitrogens with two attached hydrogens (primary N) is 1. The van der Waals surface area contributed by atoms with Gasteiger partial charge >= 0.3 is 4.87 Å². The molecule has 1 fully saturated rings. The van der Waals surface area contributed by atoms with Crippen molar-refractivity contribution >= 4 is 27.5 Å². The molecule has 3 rings (SSSR count). The third-order valence-electron chi connectivity index (χ3n) is 4.90. The van der Waals surface area contributed by atoms with Gasteiger partial charge < -0.3 is 15.6 Å². The molecule has 3 N–H and O–H groups in total. The Morgan fingerprint density at radius 1 is 1.40 bits per heavy atom. The van der Waals surface area contributed by atoms with Crippen LogP contribution in [0.1, 0.15) is 31.2 Å². The van der Waals surface area contributed by atoms with Crippen molar-refractivity contribution in [3.05, 3.63) is 33.4 Å². The minimum absolute atomic E-state index is 0.0310. The smallest absolute Gasteiger partial charge is 0.307 e. The SMILES string of the molecule is Cn1c(=O)sc2cc(CN3CCCCC3CNC(=O)CCN)ccc21. The van der Waals surface area contributed by atoms with Crippen molar-refractivity contribution in [3.63, 3.8) is 0 Å². The number of carbonyl (C=O) groups is 1.